The number of carboxylic acid groups (broad SMARTS) is 1. The molecule has 0 aliphatic heterocycles. The lowest BCUT2D eigenvalue weighted by atomic mass is 10.1. The molecule has 14 heavy (non-hydrogen) atoms. The van der Waals surface area contributed by atoms with E-state index in [4.69, 9.17) is 5.11 Å². The molecule has 0 spiro atoms. The molecule has 0 fully saturated rings. The summed E-state index contributed by atoms with van der Waals surface area (Å²) in [6, 6.07) is 5.72. The van der Waals surface area contributed by atoms with Gasteiger partial charge in [0.1, 0.15) is 5.75 Å². The monoisotopic (exact) mass is 194 g/mol. The van der Waals surface area contributed by atoms with Gasteiger partial charge in [-0.3, -0.25) is 0 Å². The van der Waals surface area contributed by atoms with E-state index >= 15 is 0 Å². The van der Waals surface area contributed by atoms with E-state index in [1.807, 2.05) is 0 Å². The standard InChI is InChI=1S/C10H13NO3/c1-11-9(10(13)14)6-7-2-4-8(12)5-3-7/h2-5,9,11-12H,6H2,1H3,(H,13,14)/p-1/t9-/m0/s1. The van der Waals surface area contributed by atoms with Crippen LogP contribution in [0.4, 0.5) is 0 Å². The largest absolute Gasteiger partial charge is 0.548 e. The smallest absolute Gasteiger partial charge is 0.115 e. The summed E-state index contributed by atoms with van der Waals surface area (Å²) in [4.78, 5) is 10.6. The third kappa shape index (κ3) is 2.74. The van der Waals surface area contributed by atoms with Crippen molar-refractivity contribution >= 4 is 5.97 Å². The quantitative estimate of drug-likeness (QED) is 0.663. The van der Waals surface area contributed by atoms with Gasteiger partial charge in [-0.1, -0.05) is 12.1 Å². The molecule has 0 bridgehead atoms. The summed E-state index contributed by atoms with van der Waals surface area (Å²) in [5, 5.41) is 22.2. The summed E-state index contributed by atoms with van der Waals surface area (Å²) in [6.45, 7) is 0. The summed E-state index contributed by atoms with van der Waals surface area (Å²) in [7, 11) is 1.57. The number of rotatable bonds is 4. The number of hydrogen-bond donors (Lipinski definition) is 2. The Bertz CT molecular complexity index is 308. The number of aromatic hydroxyl groups is 1. The van der Waals surface area contributed by atoms with E-state index in [0.29, 0.717) is 6.42 Å². The molecule has 1 aromatic rings. The summed E-state index contributed by atoms with van der Waals surface area (Å²) in [6.07, 6.45) is 0.346. The van der Waals surface area contributed by atoms with Crippen LogP contribution in [0.2, 0.25) is 0 Å². The van der Waals surface area contributed by atoms with Crippen LogP contribution < -0.4 is 10.4 Å². The fraction of sp³-hybridized carbons (Fsp3) is 0.300. The van der Waals surface area contributed by atoms with E-state index in [1.165, 1.54) is 12.1 Å². The Morgan fingerprint density at radius 2 is 2.07 bits per heavy atom. The van der Waals surface area contributed by atoms with Crippen LogP contribution in [0.3, 0.4) is 0 Å². The Balaban J connectivity index is 2.67. The van der Waals surface area contributed by atoms with Gasteiger partial charge >= 0.3 is 0 Å². The molecule has 0 aliphatic rings. The number of nitrogens with one attached hydrogen (secondary N) is 1. The van der Waals surface area contributed by atoms with Gasteiger partial charge < -0.3 is 20.3 Å². The Hall–Kier alpha value is -1.55. The van der Waals surface area contributed by atoms with Gasteiger partial charge in [0.15, 0.2) is 0 Å². The first-order chi connectivity index (χ1) is 6.63. The predicted molar refractivity (Wildman–Crippen MR) is 49.7 cm³/mol. The lowest BCUT2D eigenvalue weighted by Crippen LogP contribution is -2.45. The maximum absolute atomic E-state index is 10.6. The molecule has 0 radical (unpaired) electrons. The van der Waals surface area contributed by atoms with E-state index in [9.17, 15) is 9.90 Å². The summed E-state index contributed by atoms with van der Waals surface area (Å²) in [5.74, 6) is -0.955. The van der Waals surface area contributed by atoms with Crippen LogP contribution in [-0.4, -0.2) is 24.2 Å². The summed E-state index contributed by atoms with van der Waals surface area (Å²) in [5.41, 5.74) is 0.839. The van der Waals surface area contributed by atoms with E-state index in [-0.39, 0.29) is 5.75 Å². The highest BCUT2D eigenvalue weighted by Gasteiger charge is 2.07. The topological polar surface area (TPSA) is 72.4 Å². The average Bonchev–Trinajstić information content (AvgIpc) is 2.16. The number of carboxylic acids is 1. The molecule has 4 heteroatoms. The molecular weight excluding hydrogens is 182 g/mol. The van der Waals surface area contributed by atoms with Crippen LogP contribution in [0.25, 0.3) is 0 Å². The van der Waals surface area contributed by atoms with Crippen molar-refractivity contribution in [3.8, 4) is 5.75 Å². The molecule has 0 heterocycles. The normalized spacial score (nSPS) is 12.4. The third-order valence-corrected chi connectivity index (χ3v) is 2.01. The van der Waals surface area contributed by atoms with Crippen molar-refractivity contribution in [2.24, 2.45) is 0 Å². The van der Waals surface area contributed by atoms with Gasteiger partial charge in [0.25, 0.3) is 0 Å². The van der Waals surface area contributed by atoms with Crippen LogP contribution in [0.1, 0.15) is 5.56 Å². The van der Waals surface area contributed by atoms with Crippen LogP contribution in [-0.2, 0) is 11.2 Å². The summed E-state index contributed by atoms with van der Waals surface area (Å²) < 4.78 is 0. The number of likely N-dealkylation sites (N-methyl/N-ethyl adjacent to an activating group) is 1. The Morgan fingerprint density at radius 1 is 1.50 bits per heavy atom. The van der Waals surface area contributed by atoms with Crippen molar-refractivity contribution in [1.82, 2.24) is 5.32 Å². The number of carbonyl (C=O) groups excluding carboxylic acids is 1. The molecule has 0 saturated carbocycles. The lowest BCUT2D eigenvalue weighted by molar-refractivity contribution is -0.308. The van der Waals surface area contributed by atoms with Gasteiger partial charge in [-0.05, 0) is 31.2 Å². The molecule has 1 atom stereocenters. The highest BCUT2D eigenvalue weighted by Crippen LogP contribution is 2.10. The summed E-state index contributed by atoms with van der Waals surface area (Å²) >= 11 is 0. The number of benzene rings is 1. The van der Waals surface area contributed by atoms with Gasteiger partial charge in [-0.15, -0.1) is 0 Å². The first kappa shape index (κ1) is 10.5. The number of carbonyl (C=O) groups is 1. The number of aliphatic carboxylic acids is 1. The Morgan fingerprint density at radius 3 is 2.50 bits per heavy atom. The second-order valence-corrected chi connectivity index (χ2v) is 3.03. The SMILES string of the molecule is CN[C@@H](Cc1ccc(O)cc1)C(=O)[O-]. The van der Waals surface area contributed by atoms with Gasteiger partial charge in [0.05, 0.1) is 12.0 Å². The van der Waals surface area contributed by atoms with Crippen LogP contribution in [0, 0.1) is 0 Å². The molecule has 0 amide bonds. The second kappa shape index (κ2) is 4.62. The average molecular weight is 194 g/mol. The molecule has 0 unspecified atom stereocenters. The van der Waals surface area contributed by atoms with E-state index < -0.39 is 12.0 Å². The second-order valence-electron chi connectivity index (χ2n) is 3.03. The first-order valence-electron chi connectivity index (χ1n) is 4.29. The van der Waals surface area contributed by atoms with E-state index in [1.54, 1.807) is 19.2 Å². The fourth-order valence-electron chi connectivity index (χ4n) is 1.17. The van der Waals surface area contributed by atoms with Gasteiger partial charge in [-0.2, -0.15) is 0 Å². The van der Waals surface area contributed by atoms with Crippen molar-refractivity contribution in [2.75, 3.05) is 7.05 Å². The molecule has 76 valence electrons. The van der Waals surface area contributed by atoms with E-state index in [0.717, 1.165) is 5.56 Å². The molecule has 2 N–H and O–H groups in total. The molecule has 0 aromatic heterocycles. The van der Waals surface area contributed by atoms with Crippen LogP contribution in [0.5, 0.6) is 5.75 Å². The molecular formula is C10H12NO3-. The van der Waals surface area contributed by atoms with Crippen molar-refractivity contribution in [1.29, 1.82) is 0 Å². The number of hydrogen-bond acceptors (Lipinski definition) is 4. The fourth-order valence-corrected chi connectivity index (χ4v) is 1.17. The van der Waals surface area contributed by atoms with Crippen molar-refractivity contribution in [3.05, 3.63) is 29.8 Å². The van der Waals surface area contributed by atoms with E-state index in [2.05, 4.69) is 5.32 Å². The third-order valence-electron chi connectivity index (χ3n) is 2.01. The molecule has 4 nitrogen and oxygen atoms in total. The lowest BCUT2D eigenvalue weighted by Gasteiger charge is -2.16. The molecule has 0 saturated heterocycles. The Kier molecular flexibility index (Phi) is 3.48. The highest BCUT2D eigenvalue weighted by atomic mass is 16.4. The number of phenolic OH excluding ortho intramolecular Hbond substituents is 1. The van der Waals surface area contributed by atoms with Crippen molar-refractivity contribution < 1.29 is 15.0 Å². The van der Waals surface area contributed by atoms with Crippen molar-refractivity contribution in [2.45, 2.75) is 12.5 Å². The molecule has 1 rings (SSSR count). The molecule has 0 aliphatic carbocycles. The van der Waals surface area contributed by atoms with Crippen LogP contribution >= 0.6 is 0 Å². The van der Waals surface area contributed by atoms with Crippen LogP contribution in [0.15, 0.2) is 24.3 Å². The van der Waals surface area contributed by atoms with Gasteiger partial charge in [0.2, 0.25) is 0 Å². The minimum Gasteiger partial charge on any atom is -0.548 e. The maximum atomic E-state index is 10.6. The highest BCUT2D eigenvalue weighted by molar-refractivity contribution is 5.71. The van der Waals surface area contributed by atoms with Gasteiger partial charge in [-0.25, -0.2) is 0 Å². The maximum Gasteiger partial charge on any atom is 0.115 e. The zero-order chi connectivity index (χ0) is 10.6. The van der Waals surface area contributed by atoms with Gasteiger partial charge in [0, 0.05) is 0 Å². The Labute approximate surface area is 82.2 Å². The first-order valence-corrected chi connectivity index (χ1v) is 4.29. The minimum absolute atomic E-state index is 0.170. The predicted octanol–water partition coefficient (Wildman–Crippen LogP) is -0.727. The number of phenols is 1. The van der Waals surface area contributed by atoms with Crippen molar-refractivity contribution in [3.63, 3.8) is 0 Å². The minimum atomic E-state index is -1.12. The molecule has 1 aromatic carbocycles. The zero-order valence-corrected chi connectivity index (χ0v) is 7.86. The zero-order valence-electron chi connectivity index (χ0n) is 7.86.